The summed E-state index contributed by atoms with van der Waals surface area (Å²) >= 11 is 12.1. The smallest absolute Gasteiger partial charge is 0.166 e. The van der Waals surface area contributed by atoms with Crippen molar-refractivity contribution in [3.8, 4) is 16.9 Å². The van der Waals surface area contributed by atoms with Crippen molar-refractivity contribution in [1.29, 1.82) is 0 Å². The van der Waals surface area contributed by atoms with E-state index in [-0.39, 0.29) is 23.0 Å². The molecule has 0 bridgehead atoms. The molecular formula is C21H22Cl2FN5O. The molecule has 3 N–H and O–H groups in total. The van der Waals surface area contributed by atoms with Gasteiger partial charge in [0.25, 0.3) is 0 Å². The molecule has 0 saturated carbocycles. The Morgan fingerprint density at radius 2 is 2.30 bits per heavy atom. The van der Waals surface area contributed by atoms with Gasteiger partial charge in [0, 0.05) is 39.6 Å². The topological polar surface area (TPSA) is 78.0 Å². The highest BCUT2D eigenvalue weighted by atomic mass is 35.5. The minimum absolute atomic E-state index is 0.219. The molecule has 9 heteroatoms. The maximum atomic E-state index is 14.2. The second-order valence-corrected chi connectivity index (χ2v) is 7.39. The normalized spacial score (nSPS) is 27.0. The van der Waals surface area contributed by atoms with Crippen LogP contribution in [0.25, 0.3) is 11.1 Å². The van der Waals surface area contributed by atoms with Crippen molar-refractivity contribution < 1.29 is 17.4 Å². The van der Waals surface area contributed by atoms with Gasteiger partial charge in [0.2, 0.25) is 0 Å². The van der Waals surface area contributed by atoms with Crippen LogP contribution in [0.15, 0.2) is 36.8 Å². The van der Waals surface area contributed by atoms with Gasteiger partial charge in [0.05, 0.1) is 20.0 Å². The number of nitrogens with one attached hydrogen (secondary N) is 1. The molecule has 3 heterocycles. The average molecular weight is 456 g/mol. The van der Waals surface area contributed by atoms with E-state index in [9.17, 15) is 4.39 Å². The number of aromatic nitrogens is 3. The number of pyridine rings is 1. The number of nitrogens with two attached hydrogens (primary N) is 1. The Hall–Kier alpha value is -2.35. The average Bonchev–Trinajstić information content (AvgIpc) is 3.28. The Balaban J connectivity index is 1.73. The number of anilines is 1. The Labute approximate surface area is 192 Å². The molecule has 1 saturated heterocycles. The van der Waals surface area contributed by atoms with Gasteiger partial charge in [-0.25, -0.2) is 9.37 Å². The largest absolute Gasteiger partial charge is 0.482 e. The van der Waals surface area contributed by atoms with Crippen molar-refractivity contribution in [1.82, 2.24) is 20.1 Å². The first-order chi connectivity index (χ1) is 16.7. The van der Waals surface area contributed by atoms with Crippen LogP contribution in [-0.4, -0.2) is 27.8 Å². The lowest BCUT2D eigenvalue weighted by Crippen LogP contribution is -2.29. The lowest BCUT2D eigenvalue weighted by Gasteiger charge is -2.22. The second-order valence-electron chi connectivity index (χ2n) is 6.61. The first kappa shape index (κ1) is 14.6. The van der Waals surface area contributed by atoms with Gasteiger partial charge in [-0.05, 0) is 51.0 Å². The molecule has 1 aliphatic rings. The SMILES string of the molecule is [2H]C1CC([2H])(n2cc(-c3cnc(N)c(O[C@]([2H])(c4c(Cl)ccc(F)c4Cl)C([2H])([2H])[2H])c3)cn2)CCN1. The molecule has 1 aromatic carbocycles. The molecule has 1 fully saturated rings. The highest BCUT2D eigenvalue weighted by molar-refractivity contribution is 6.36. The summed E-state index contributed by atoms with van der Waals surface area (Å²) in [7, 11) is 0. The van der Waals surface area contributed by atoms with Gasteiger partial charge in [0.1, 0.15) is 11.9 Å². The fraction of sp³-hybridized carbons (Fsp3) is 0.333. The number of halogens is 3. The van der Waals surface area contributed by atoms with Crippen LogP contribution in [-0.2, 0) is 0 Å². The molecule has 6 nitrogen and oxygen atoms in total. The predicted octanol–water partition coefficient (Wildman–Crippen LogP) is 5.04. The summed E-state index contributed by atoms with van der Waals surface area (Å²) in [4.78, 5) is 4.05. The van der Waals surface area contributed by atoms with Crippen LogP contribution in [0.5, 0.6) is 5.75 Å². The van der Waals surface area contributed by atoms with E-state index in [1.54, 1.807) is 6.20 Å². The Kier molecular flexibility index (Phi) is 4.29. The Morgan fingerprint density at radius 1 is 1.43 bits per heavy atom. The summed E-state index contributed by atoms with van der Waals surface area (Å²) in [5.41, 5.74) is 6.30. The van der Waals surface area contributed by atoms with Crippen LogP contribution in [0.1, 0.15) is 45.6 Å². The molecule has 3 aromatic rings. The minimum atomic E-state index is -3.17. The molecule has 158 valence electrons. The highest BCUT2D eigenvalue weighted by Gasteiger charge is 2.21. The third-order valence-corrected chi connectivity index (χ3v) is 5.33. The number of piperidine rings is 1. The van der Waals surface area contributed by atoms with E-state index in [1.807, 2.05) is 0 Å². The number of hydrogen-bond acceptors (Lipinski definition) is 5. The van der Waals surface area contributed by atoms with E-state index in [4.69, 9.17) is 41.9 Å². The van der Waals surface area contributed by atoms with Gasteiger partial charge in [-0.1, -0.05) is 23.2 Å². The third-order valence-electron chi connectivity index (χ3n) is 4.64. The number of ether oxygens (including phenoxy) is 1. The third kappa shape index (κ3) is 4.24. The van der Waals surface area contributed by atoms with Gasteiger partial charge < -0.3 is 15.8 Å². The molecule has 0 aliphatic carbocycles. The molecule has 3 atom stereocenters. The van der Waals surface area contributed by atoms with Crippen LogP contribution in [0.3, 0.4) is 0 Å². The summed E-state index contributed by atoms with van der Waals surface area (Å²) < 4.78 is 70.5. The summed E-state index contributed by atoms with van der Waals surface area (Å²) in [5, 5.41) is 6.33. The zero-order valence-corrected chi connectivity index (χ0v) is 17.1. The number of nitrogen functional groups attached to an aromatic ring is 1. The number of rotatable bonds is 5. The van der Waals surface area contributed by atoms with Crippen molar-refractivity contribution >= 4 is 29.0 Å². The first-order valence-corrected chi connectivity index (χ1v) is 9.80. The second kappa shape index (κ2) is 8.79. The molecule has 1 aliphatic heterocycles. The van der Waals surface area contributed by atoms with Crippen molar-refractivity contribution in [2.75, 3.05) is 18.8 Å². The molecule has 0 radical (unpaired) electrons. The van der Waals surface area contributed by atoms with E-state index < -0.39 is 41.9 Å². The standard InChI is InChI=1S/C21H22Cl2FN5O/c1-12(19-16(22)2-3-17(24)20(19)23)30-18-8-13(9-27-21(18)25)14-10-28-29(11-14)15-4-6-26-7-5-15/h2-3,8-12,15,26H,4-7H2,1H3,(H2,25,27)/t12-/m0/s1/i1D3,6D,12D,15D/t6?,12-,15?. The Morgan fingerprint density at radius 3 is 3.10 bits per heavy atom. The molecule has 30 heavy (non-hydrogen) atoms. The van der Waals surface area contributed by atoms with Crippen molar-refractivity contribution in [3.05, 3.63) is 58.2 Å². The van der Waals surface area contributed by atoms with Gasteiger partial charge in [-0.2, -0.15) is 5.10 Å². The van der Waals surface area contributed by atoms with E-state index in [0.717, 1.165) is 12.1 Å². The van der Waals surface area contributed by atoms with Crippen LogP contribution >= 0.6 is 23.2 Å². The van der Waals surface area contributed by atoms with Crippen molar-refractivity contribution in [2.24, 2.45) is 0 Å². The van der Waals surface area contributed by atoms with Crippen LogP contribution < -0.4 is 15.8 Å². The van der Waals surface area contributed by atoms with Gasteiger partial charge in [0.15, 0.2) is 11.6 Å². The fourth-order valence-electron chi connectivity index (χ4n) is 3.05. The number of benzene rings is 1. The lowest BCUT2D eigenvalue weighted by atomic mass is 10.1. The monoisotopic (exact) mass is 455 g/mol. The number of hydrogen-bond donors (Lipinski definition) is 2. The Bertz CT molecular complexity index is 1290. The highest BCUT2D eigenvalue weighted by Crippen LogP contribution is 2.37. The quantitative estimate of drug-likeness (QED) is 0.526. The van der Waals surface area contributed by atoms with Crippen molar-refractivity contribution in [2.45, 2.75) is 31.8 Å². The fourth-order valence-corrected chi connectivity index (χ4v) is 3.60. The summed E-state index contributed by atoms with van der Waals surface area (Å²) in [6.07, 6.45) is 2.27. The van der Waals surface area contributed by atoms with Gasteiger partial charge >= 0.3 is 0 Å². The molecule has 0 spiro atoms. The van der Waals surface area contributed by atoms with Gasteiger partial charge in [-0.3, -0.25) is 4.68 Å². The van der Waals surface area contributed by atoms with Gasteiger partial charge in [-0.15, -0.1) is 0 Å². The lowest BCUT2D eigenvalue weighted by molar-refractivity contribution is 0.227. The molecular weight excluding hydrogens is 428 g/mol. The molecule has 0 amide bonds. The summed E-state index contributed by atoms with van der Waals surface area (Å²) in [6, 6.07) is 2.29. The first-order valence-electron chi connectivity index (χ1n) is 12.1. The molecule has 2 aromatic heterocycles. The summed E-state index contributed by atoms with van der Waals surface area (Å²) in [6.45, 7) is -3.25. The van der Waals surface area contributed by atoms with E-state index in [2.05, 4.69) is 15.4 Å². The maximum absolute atomic E-state index is 14.2. The van der Waals surface area contributed by atoms with E-state index in [0.29, 0.717) is 24.1 Å². The number of nitrogens with zero attached hydrogens (tertiary/aromatic N) is 3. The van der Waals surface area contributed by atoms with Crippen LogP contribution in [0, 0.1) is 5.82 Å². The zero-order valence-electron chi connectivity index (χ0n) is 21.6. The van der Waals surface area contributed by atoms with Crippen LogP contribution in [0.4, 0.5) is 10.2 Å². The zero-order chi connectivity index (χ0) is 26.5. The minimum Gasteiger partial charge on any atom is -0.482 e. The maximum Gasteiger partial charge on any atom is 0.166 e. The molecule has 4 rings (SSSR count). The predicted molar refractivity (Wildman–Crippen MR) is 116 cm³/mol. The van der Waals surface area contributed by atoms with E-state index in [1.165, 1.54) is 23.1 Å². The summed E-state index contributed by atoms with van der Waals surface area (Å²) in [5.74, 6) is -1.45. The van der Waals surface area contributed by atoms with Crippen molar-refractivity contribution in [3.63, 3.8) is 0 Å². The van der Waals surface area contributed by atoms with Crippen LogP contribution in [0.2, 0.25) is 10.0 Å². The molecule has 2 unspecified atom stereocenters. The van der Waals surface area contributed by atoms with E-state index >= 15 is 0 Å².